The Bertz CT molecular complexity index is 329. The number of fused-ring (bicyclic) bond motifs is 1. The number of nitrogens with two attached hydrogens (primary N) is 1. The number of carbonyl (C=O) groups excluding carboxylic acids is 1. The second-order valence-corrected chi connectivity index (χ2v) is 2.76. The molecular weight excluding hydrogens is 168 g/mol. The first-order valence-corrected chi connectivity index (χ1v) is 3.93. The van der Waals surface area contributed by atoms with Crippen molar-refractivity contribution in [2.24, 2.45) is 5.73 Å². The third-order valence-electron chi connectivity index (χ3n) is 1.87. The minimum atomic E-state index is -0.421. The molecule has 13 heavy (non-hydrogen) atoms. The summed E-state index contributed by atoms with van der Waals surface area (Å²) in [7, 11) is 0. The van der Waals surface area contributed by atoms with E-state index < -0.39 is 5.91 Å². The van der Waals surface area contributed by atoms with Crippen LogP contribution in [0.25, 0.3) is 0 Å². The fourth-order valence-corrected chi connectivity index (χ4v) is 1.20. The molecule has 5 heteroatoms. The summed E-state index contributed by atoms with van der Waals surface area (Å²) >= 11 is 0. The van der Waals surface area contributed by atoms with E-state index in [1.165, 1.54) is 0 Å². The molecule has 5 nitrogen and oxygen atoms in total. The molecule has 0 fully saturated rings. The van der Waals surface area contributed by atoms with Gasteiger partial charge in [0.2, 0.25) is 5.91 Å². The topological polar surface area (TPSA) is 70.4 Å². The number of nitrogens with one attached hydrogen (secondary N) is 2. The second kappa shape index (κ2) is 2.95. The molecule has 4 N–H and O–H groups in total. The lowest BCUT2D eigenvalue weighted by atomic mass is 10.2. The van der Waals surface area contributed by atoms with Crippen LogP contribution in [0, 0.1) is 0 Å². The number of primary amides is 1. The Labute approximate surface area is 75.5 Å². The Morgan fingerprint density at radius 2 is 2.38 bits per heavy atom. The maximum absolute atomic E-state index is 10.8. The highest BCUT2D eigenvalue weighted by atomic mass is 16.1. The normalized spacial score (nSPS) is 19.8. The zero-order valence-electron chi connectivity index (χ0n) is 6.95. The predicted octanol–water partition coefficient (Wildman–Crippen LogP) is -0.866. The van der Waals surface area contributed by atoms with Crippen LogP contribution in [0.1, 0.15) is 0 Å². The Morgan fingerprint density at radius 3 is 3.15 bits per heavy atom. The van der Waals surface area contributed by atoms with E-state index in [2.05, 4.69) is 10.7 Å². The average molecular weight is 178 g/mol. The summed E-state index contributed by atoms with van der Waals surface area (Å²) in [6.45, 7) is 0.639. The summed E-state index contributed by atoms with van der Waals surface area (Å²) < 4.78 is 0. The lowest BCUT2D eigenvalue weighted by Gasteiger charge is -2.29. The molecule has 2 heterocycles. The minimum absolute atomic E-state index is 0.421. The molecule has 0 unspecified atom stereocenters. The van der Waals surface area contributed by atoms with Gasteiger partial charge in [-0.15, -0.1) is 0 Å². The van der Waals surface area contributed by atoms with Gasteiger partial charge in [-0.2, -0.15) is 0 Å². The van der Waals surface area contributed by atoms with E-state index >= 15 is 0 Å². The van der Waals surface area contributed by atoms with Crippen molar-refractivity contribution < 1.29 is 4.79 Å². The Kier molecular flexibility index (Phi) is 1.79. The largest absolute Gasteiger partial charge is 0.375 e. The number of hydrogen-bond acceptors (Lipinski definition) is 4. The number of carbonyl (C=O) groups is 1. The second-order valence-electron chi connectivity index (χ2n) is 2.76. The fraction of sp³-hybridized carbons (Fsp3) is 0.125. The maximum Gasteiger partial charge on any atom is 0.250 e. The molecular formula is C8H10N4O. The number of hydrogen-bond donors (Lipinski definition) is 3. The molecule has 0 atom stereocenters. The van der Waals surface area contributed by atoms with Crippen molar-refractivity contribution in [3.63, 3.8) is 0 Å². The summed E-state index contributed by atoms with van der Waals surface area (Å²) in [4.78, 5) is 10.8. The van der Waals surface area contributed by atoms with Gasteiger partial charge in [0.1, 0.15) is 0 Å². The summed E-state index contributed by atoms with van der Waals surface area (Å²) in [5, 5.41) is 4.78. The van der Waals surface area contributed by atoms with Crippen LogP contribution in [-0.4, -0.2) is 17.6 Å². The third kappa shape index (κ3) is 1.41. The van der Waals surface area contributed by atoms with Crippen molar-refractivity contribution in [1.29, 1.82) is 0 Å². The molecule has 2 aliphatic heterocycles. The molecule has 0 radical (unpaired) electrons. The summed E-state index contributed by atoms with van der Waals surface area (Å²) in [5.41, 5.74) is 9.61. The van der Waals surface area contributed by atoms with Gasteiger partial charge in [0.15, 0.2) is 0 Å². The molecule has 2 aliphatic rings. The van der Waals surface area contributed by atoms with Gasteiger partial charge in [0.05, 0.1) is 17.9 Å². The van der Waals surface area contributed by atoms with Gasteiger partial charge in [-0.1, -0.05) is 0 Å². The minimum Gasteiger partial charge on any atom is -0.375 e. The van der Waals surface area contributed by atoms with E-state index in [4.69, 9.17) is 5.73 Å². The van der Waals surface area contributed by atoms with E-state index in [1.807, 2.05) is 12.3 Å². The van der Waals surface area contributed by atoms with Crippen LogP contribution in [0.3, 0.4) is 0 Å². The number of nitrogens with zero attached hydrogens (tertiary/aromatic N) is 1. The Hall–Kier alpha value is -1.75. The first-order chi connectivity index (χ1) is 6.27. The van der Waals surface area contributed by atoms with Gasteiger partial charge in [0, 0.05) is 12.4 Å². The van der Waals surface area contributed by atoms with Gasteiger partial charge >= 0.3 is 0 Å². The first-order valence-electron chi connectivity index (χ1n) is 3.93. The summed E-state index contributed by atoms with van der Waals surface area (Å²) in [5.74, 6) is -0.421. The van der Waals surface area contributed by atoms with Crippen molar-refractivity contribution in [2.45, 2.75) is 0 Å². The molecule has 0 saturated carbocycles. The highest BCUT2D eigenvalue weighted by Gasteiger charge is 2.14. The molecule has 0 aromatic carbocycles. The van der Waals surface area contributed by atoms with Gasteiger partial charge in [-0.3, -0.25) is 9.80 Å². The molecule has 0 aromatic rings. The maximum atomic E-state index is 10.8. The number of hydrazine groups is 1. The molecule has 0 aliphatic carbocycles. The number of amides is 1. The standard InChI is InChI=1S/C8H10N4O/c9-8(13)6-1-2-7-3-10-5-11-12(7)4-6/h1-4,10-11H,5H2,(H2,9,13). The van der Waals surface area contributed by atoms with Crippen molar-refractivity contribution in [2.75, 3.05) is 6.67 Å². The van der Waals surface area contributed by atoms with Crippen LogP contribution < -0.4 is 16.5 Å². The van der Waals surface area contributed by atoms with E-state index in [9.17, 15) is 4.79 Å². The molecule has 0 spiro atoms. The fourth-order valence-electron chi connectivity index (χ4n) is 1.20. The van der Waals surface area contributed by atoms with Crippen LogP contribution in [0.15, 0.2) is 35.8 Å². The highest BCUT2D eigenvalue weighted by molar-refractivity contribution is 5.95. The number of allylic oxidation sites excluding steroid dienone is 1. The van der Waals surface area contributed by atoms with E-state index in [0.717, 1.165) is 5.70 Å². The number of rotatable bonds is 1. The van der Waals surface area contributed by atoms with Crippen molar-refractivity contribution >= 4 is 5.91 Å². The monoisotopic (exact) mass is 178 g/mol. The van der Waals surface area contributed by atoms with Gasteiger partial charge < -0.3 is 11.1 Å². The molecule has 0 aromatic heterocycles. The quantitative estimate of drug-likeness (QED) is 0.488. The van der Waals surface area contributed by atoms with Crippen molar-refractivity contribution in [3.05, 3.63) is 35.8 Å². The van der Waals surface area contributed by atoms with Gasteiger partial charge in [-0.25, -0.2) is 5.43 Å². The lowest BCUT2D eigenvalue weighted by molar-refractivity contribution is -0.114. The van der Waals surface area contributed by atoms with E-state index in [0.29, 0.717) is 12.2 Å². The van der Waals surface area contributed by atoms with Crippen LogP contribution in [0.2, 0.25) is 0 Å². The van der Waals surface area contributed by atoms with Gasteiger partial charge in [-0.05, 0) is 12.2 Å². The zero-order valence-corrected chi connectivity index (χ0v) is 6.95. The lowest BCUT2D eigenvalue weighted by Crippen LogP contribution is -2.43. The Morgan fingerprint density at radius 1 is 1.54 bits per heavy atom. The third-order valence-corrected chi connectivity index (χ3v) is 1.87. The van der Waals surface area contributed by atoms with Gasteiger partial charge in [0.25, 0.3) is 0 Å². The highest BCUT2D eigenvalue weighted by Crippen LogP contribution is 2.14. The predicted molar refractivity (Wildman–Crippen MR) is 47.5 cm³/mol. The molecule has 0 saturated heterocycles. The van der Waals surface area contributed by atoms with Crippen molar-refractivity contribution in [1.82, 2.24) is 15.8 Å². The summed E-state index contributed by atoms with van der Waals surface area (Å²) in [6, 6.07) is 0. The molecule has 2 rings (SSSR count). The zero-order chi connectivity index (χ0) is 9.26. The first kappa shape index (κ1) is 7.88. The molecule has 68 valence electrons. The van der Waals surface area contributed by atoms with Crippen LogP contribution in [-0.2, 0) is 4.79 Å². The van der Waals surface area contributed by atoms with Crippen LogP contribution >= 0.6 is 0 Å². The van der Waals surface area contributed by atoms with E-state index in [1.54, 1.807) is 17.3 Å². The van der Waals surface area contributed by atoms with E-state index in [-0.39, 0.29) is 0 Å². The van der Waals surface area contributed by atoms with Crippen molar-refractivity contribution in [3.8, 4) is 0 Å². The van der Waals surface area contributed by atoms with Crippen LogP contribution in [0.4, 0.5) is 0 Å². The smallest absolute Gasteiger partial charge is 0.250 e. The summed E-state index contributed by atoms with van der Waals surface area (Å²) in [6.07, 6.45) is 7.05. The average Bonchev–Trinajstić information content (AvgIpc) is 2.17. The molecule has 0 bridgehead atoms. The molecule has 1 amide bonds. The SMILES string of the molecule is NC(=O)C1=CN2NCNC=C2C=C1. The van der Waals surface area contributed by atoms with Crippen LogP contribution in [0.5, 0.6) is 0 Å². The Balaban J connectivity index is 2.27.